The molecule has 1 N–H and O–H groups in total. The van der Waals surface area contributed by atoms with Crippen LogP contribution in [0, 0.1) is 0 Å². The second kappa shape index (κ2) is 13.1. The molecule has 6 heteroatoms. The van der Waals surface area contributed by atoms with Crippen molar-refractivity contribution in [2.75, 3.05) is 13.2 Å². The smallest absolute Gasteiger partial charge is 0.173 e. The number of aliphatic hydroxyl groups excluding tert-OH is 1. The van der Waals surface area contributed by atoms with Gasteiger partial charge in [0.2, 0.25) is 0 Å². The molecule has 0 heterocycles. The molecule has 0 aromatic rings. The molecule has 0 saturated carbocycles. The van der Waals surface area contributed by atoms with Crippen LogP contribution < -0.4 is 0 Å². The van der Waals surface area contributed by atoms with Crippen LogP contribution in [0.3, 0.4) is 0 Å². The highest BCUT2D eigenvalue weighted by Crippen LogP contribution is 2.17. The van der Waals surface area contributed by atoms with Crippen molar-refractivity contribution in [2.24, 2.45) is 0 Å². The van der Waals surface area contributed by atoms with Crippen LogP contribution in [0.4, 0.5) is 0 Å². The predicted octanol–water partition coefficient (Wildman–Crippen LogP) is 3.66. The zero-order chi connectivity index (χ0) is 17.7. The first-order valence-corrected chi connectivity index (χ1v) is 14.5. The Morgan fingerprint density at radius 1 is 1.39 bits per heavy atom. The largest absolute Gasteiger partial charge is 0.458 e. The summed E-state index contributed by atoms with van der Waals surface area (Å²) in [6.45, 7) is 13.5. The van der Waals surface area contributed by atoms with Gasteiger partial charge >= 0.3 is 0 Å². The minimum absolute atomic E-state index is 0.0321. The second-order valence-corrected chi connectivity index (χ2v) is 14.0. The van der Waals surface area contributed by atoms with Gasteiger partial charge in [-0.15, -0.1) is 0 Å². The van der Waals surface area contributed by atoms with Gasteiger partial charge < -0.3 is 14.0 Å². The van der Waals surface area contributed by atoms with Crippen molar-refractivity contribution >= 4 is 23.1 Å². The highest BCUT2D eigenvalue weighted by molar-refractivity contribution is 6.78. The van der Waals surface area contributed by atoms with E-state index in [0.717, 1.165) is 12.5 Å². The molecule has 136 valence electrons. The highest BCUT2D eigenvalue weighted by Gasteiger charge is 2.24. The molecule has 0 radical (unpaired) electrons. The Bertz CT molecular complexity index is 335. The van der Waals surface area contributed by atoms with Crippen LogP contribution in [0.5, 0.6) is 0 Å². The maximum Gasteiger partial charge on any atom is 0.173 e. The monoisotopic (exact) mass is 360 g/mol. The van der Waals surface area contributed by atoms with Crippen molar-refractivity contribution in [1.29, 1.82) is 0 Å². The Morgan fingerprint density at radius 2 is 2.09 bits per heavy atom. The van der Waals surface area contributed by atoms with E-state index >= 15 is 0 Å². The summed E-state index contributed by atoms with van der Waals surface area (Å²) in [6, 6.07) is 2.38. The molecule has 4 nitrogen and oxygen atoms in total. The van der Waals surface area contributed by atoms with E-state index in [1.807, 2.05) is 0 Å². The van der Waals surface area contributed by atoms with E-state index < -0.39 is 23.5 Å². The fourth-order valence-corrected chi connectivity index (χ4v) is 9.75. The fraction of sp³-hybridized carbons (Fsp3) is 0.824. The number of carbonyl (C=O) groups is 1. The van der Waals surface area contributed by atoms with Gasteiger partial charge in [0.15, 0.2) is 23.1 Å². The number of hydrogen-bond donors (Lipinski definition) is 1. The minimum atomic E-state index is -1.57. The molecule has 0 aromatic heterocycles. The molecule has 0 saturated heterocycles. The van der Waals surface area contributed by atoms with E-state index in [0.29, 0.717) is 26.1 Å². The van der Waals surface area contributed by atoms with Crippen LogP contribution in [-0.2, 0) is 13.6 Å². The topological polar surface area (TPSA) is 55.8 Å². The molecule has 0 spiro atoms. The molecule has 0 aliphatic rings. The summed E-state index contributed by atoms with van der Waals surface area (Å²) < 4.78 is 11.9. The standard InChI is InChI=1S/C17H36O4Si2/c1-6-8-13-22(3)21-23(4,5)14-9-12-20-15-17(19)11-10-16(18)7-2/h7,17,19,22H,2,6,8-15H2,1,3-5H3. The second-order valence-electron chi connectivity index (χ2n) is 6.87. The molecular weight excluding hydrogens is 324 g/mol. The normalized spacial score (nSPS) is 14.5. The Hall–Kier alpha value is -0.276. The minimum Gasteiger partial charge on any atom is -0.458 e. The third-order valence-corrected chi connectivity index (χ3v) is 10.8. The number of unbranched alkanes of at least 4 members (excludes halogenated alkanes) is 1. The number of ketones is 1. The van der Waals surface area contributed by atoms with Crippen LogP contribution >= 0.6 is 0 Å². The zero-order valence-corrected chi connectivity index (χ0v) is 17.6. The number of hydrogen-bond acceptors (Lipinski definition) is 4. The van der Waals surface area contributed by atoms with Gasteiger partial charge in [0.25, 0.3) is 0 Å². The zero-order valence-electron chi connectivity index (χ0n) is 15.5. The molecule has 2 unspecified atom stereocenters. The van der Waals surface area contributed by atoms with Crippen LogP contribution in [0.25, 0.3) is 0 Å². The third kappa shape index (κ3) is 13.8. The highest BCUT2D eigenvalue weighted by atomic mass is 28.4. The summed E-state index contributed by atoms with van der Waals surface area (Å²) in [5.41, 5.74) is 0. The molecule has 2 atom stereocenters. The van der Waals surface area contributed by atoms with Crippen molar-refractivity contribution in [3.8, 4) is 0 Å². The summed E-state index contributed by atoms with van der Waals surface area (Å²) >= 11 is 0. The molecule has 0 bridgehead atoms. The van der Waals surface area contributed by atoms with E-state index in [4.69, 9.17) is 8.85 Å². The molecule has 0 fully saturated rings. The van der Waals surface area contributed by atoms with Crippen LogP contribution in [-0.4, -0.2) is 47.6 Å². The first-order valence-electron chi connectivity index (χ1n) is 8.89. The van der Waals surface area contributed by atoms with Gasteiger partial charge in [-0.3, -0.25) is 4.79 Å². The maximum absolute atomic E-state index is 11.1. The van der Waals surface area contributed by atoms with Crippen LogP contribution in [0.15, 0.2) is 12.7 Å². The lowest BCUT2D eigenvalue weighted by atomic mass is 10.1. The van der Waals surface area contributed by atoms with Crippen molar-refractivity contribution in [3.63, 3.8) is 0 Å². The van der Waals surface area contributed by atoms with Gasteiger partial charge in [-0.05, 0) is 50.6 Å². The summed E-state index contributed by atoms with van der Waals surface area (Å²) in [4.78, 5) is 11.1. The molecule has 0 aliphatic carbocycles. The molecule has 0 aromatic carbocycles. The van der Waals surface area contributed by atoms with Crippen LogP contribution in [0.2, 0.25) is 31.7 Å². The van der Waals surface area contributed by atoms with E-state index in [1.54, 1.807) is 0 Å². The Balaban J connectivity index is 3.72. The van der Waals surface area contributed by atoms with E-state index in [2.05, 4.69) is 33.1 Å². The SMILES string of the molecule is C=CC(=O)CCC(O)COCCC[Si](C)(C)O[SiH](C)CCCC. The Morgan fingerprint density at radius 3 is 2.70 bits per heavy atom. The van der Waals surface area contributed by atoms with Crippen molar-refractivity contribution in [1.82, 2.24) is 0 Å². The number of rotatable bonds is 15. The van der Waals surface area contributed by atoms with E-state index in [1.165, 1.54) is 25.0 Å². The predicted molar refractivity (Wildman–Crippen MR) is 102 cm³/mol. The van der Waals surface area contributed by atoms with Crippen molar-refractivity contribution < 1.29 is 18.8 Å². The van der Waals surface area contributed by atoms with E-state index in [9.17, 15) is 9.90 Å². The Labute approximate surface area is 145 Å². The van der Waals surface area contributed by atoms with Crippen molar-refractivity contribution in [3.05, 3.63) is 12.7 Å². The molecular formula is C17H36O4Si2. The summed E-state index contributed by atoms with van der Waals surface area (Å²) in [6.07, 6.45) is 5.01. The number of carbonyl (C=O) groups excluding carboxylic acids is 1. The molecule has 0 rings (SSSR count). The maximum atomic E-state index is 11.1. The summed E-state index contributed by atoms with van der Waals surface area (Å²) in [5.74, 6) is -0.0321. The fourth-order valence-electron chi connectivity index (χ4n) is 2.47. The van der Waals surface area contributed by atoms with E-state index in [-0.39, 0.29) is 5.78 Å². The third-order valence-electron chi connectivity index (χ3n) is 3.81. The van der Waals surface area contributed by atoms with Gasteiger partial charge in [0.1, 0.15) is 0 Å². The first-order chi connectivity index (χ1) is 10.8. The Kier molecular flexibility index (Phi) is 12.9. The van der Waals surface area contributed by atoms with Gasteiger partial charge in [0.05, 0.1) is 12.7 Å². The number of ether oxygens (including phenoxy) is 1. The lowest BCUT2D eigenvalue weighted by molar-refractivity contribution is -0.115. The lowest BCUT2D eigenvalue weighted by Crippen LogP contribution is -2.36. The quantitative estimate of drug-likeness (QED) is 0.275. The number of allylic oxidation sites excluding steroid dienone is 1. The van der Waals surface area contributed by atoms with Crippen molar-refractivity contribution in [2.45, 2.75) is 76.9 Å². The van der Waals surface area contributed by atoms with Crippen LogP contribution in [0.1, 0.15) is 39.0 Å². The summed E-state index contributed by atoms with van der Waals surface area (Å²) in [5, 5.41) is 9.73. The lowest BCUT2D eigenvalue weighted by Gasteiger charge is -2.27. The van der Waals surface area contributed by atoms with Gasteiger partial charge in [-0.1, -0.05) is 26.3 Å². The van der Waals surface area contributed by atoms with Gasteiger partial charge in [0, 0.05) is 13.0 Å². The average molecular weight is 361 g/mol. The average Bonchev–Trinajstić information content (AvgIpc) is 2.49. The summed E-state index contributed by atoms with van der Waals surface area (Å²) in [7, 11) is -2.57. The first kappa shape index (κ1) is 22.7. The molecule has 0 amide bonds. The molecule has 0 aliphatic heterocycles. The van der Waals surface area contributed by atoms with Gasteiger partial charge in [-0.2, -0.15) is 0 Å². The molecule has 23 heavy (non-hydrogen) atoms. The number of aliphatic hydroxyl groups is 1. The van der Waals surface area contributed by atoms with Gasteiger partial charge in [-0.25, -0.2) is 0 Å².